The molecular weight excluding hydrogens is 536 g/mol. The number of Topliss-reactive ketones (excluding diaryl/α,β-unsaturated/α-hetero) is 1. The number of carbonyl (C=O) groups is 4. The van der Waals surface area contributed by atoms with Crippen LogP contribution in [0.25, 0.3) is 0 Å². The van der Waals surface area contributed by atoms with Crippen LogP contribution < -0.4 is 0 Å². The summed E-state index contributed by atoms with van der Waals surface area (Å²) >= 11 is 0. The summed E-state index contributed by atoms with van der Waals surface area (Å²) in [5.41, 5.74) is -1.86. The molecule has 8 nitrogen and oxygen atoms in total. The third-order valence-corrected chi connectivity index (χ3v) is 10.7. The van der Waals surface area contributed by atoms with Gasteiger partial charge in [0.15, 0.2) is 11.4 Å². The number of hydrogen-bond acceptors (Lipinski definition) is 8. The first-order chi connectivity index (χ1) is 19.7. The van der Waals surface area contributed by atoms with Gasteiger partial charge in [-0.3, -0.25) is 19.2 Å². The summed E-state index contributed by atoms with van der Waals surface area (Å²) < 4.78 is 17.7. The Morgan fingerprint density at radius 3 is 2.24 bits per heavy atom. The molecule has 42 heavy (non-hydrogen) atoms. The minimum atomic E-state index is -1.46. The third kappa shape index (κ3) is 5.48. The van der Waals surface area contributed by atoms with Crippen LogP contribution in [-0.2, 0) is 33.4 Å². The molecule has 4 aliphatic rings. The quantitative estimate of drug-likeness (QED) is 0.135. The Kier molecular flexibility index (Phi) is 9.46. The van der Waals surface area contributed by atoms with Crippen molar-refractivity contribution in [3.63, 3.8) is 0 Å². The van der Waals surface area contributed by atoms with Gasteiger partial charge in [0.25, 0.3) is 0 Å². The molecule has 0 amide bonds. The van der Waals surface area contributed by atoms with Gasteiger partial charge >= 0.3 is 17.9 Å². The molecule has 0 radical (unpaired) electrons. The first-order valence-electron chi connectivity index (χ1n) is 15.9. The van der Waals surface area contributed by atoms with E-state index in [0.29, 0.717) is 12.0 Å². The maximum atomic E-state index is 13.3. The van der Waals surface area contributed by atoms with Gasteiger partial charge in [0.1, 0.15) is 12.7 Å². The number of unbranched alkanes of at least 4 members (excludes halogenated alkanes) is 6. The lowest BCUT2D eigenvalue weighted by Gasteiger charge is -2.52. The van der Waals surface area contributed by atoms with Gasteiger partial charge in [-0.25, -0.2) is 0 Å². The number of carbonyl (C=O) groups excluding carboxylic acids is 4. The number of aliphatic hydroxyl groups is 1. The predicted octanol–water partition coefficient (Wildman–Crippen LogP) is 5.65. The molecule has 0 aromatic heterocycles. The summed E-state index contributed by atoms with van der Waals surface area (Å²) in [5.74, 6) is -3.87. The Balaban J connectivity index is 1.68. The zero-order valence-corrected chi connectivity index (χ0v) is 26.5. The van der Waals surface area contributed by atoms with Crippen molar-refractivity contribution in [1.82, 2.24) is 0 Å². The van der Waals surface area contributed by atoms with E-state index in [1.54, 1.807) is 6.92 Å². The lowest BCUT2D eigenvalue weighted by atomic mass is 9.60. The fraction of sp³-hybridized carbons (Fsp3) is 0.765. The molecule has 8 heteroatoms. The number of rotatable bonds is 12. The molecule has 2 saturated carbocycles. The van der Waals surface area contributed by atoms with Gasteiger partial charge in [-0.05, 0) is 30.9 Å². The van der Waals surface area contributed by atoms with Crippen molar-refractivity contribution < 1.29 is 38.5 Å². The first kappa shape index (κ1) is 32.4. The van der Waals surface area contributed by atoms with E-state index >= 15 is 0 Å². The maximum absolute atomic E-state index is 13.3. The summed E-state index contributed by atoms with van der Waals surface area (Å²) in [6, 6.07) is 0. The van der Waals surface area contributed by atoms with Crippen LogP contribution in [0.2, 0.25) is 0 Å². The summed E-state index contributed by atoms with van der Waals surface area (Å²) in [7, 11) is 0. The van der Waals surface area contributed by atoms with Gasteiger partial charge < -0.3 is 19.3 Å². The minimum absolute atomic E-state index is 0.0242. The Bertz CT molecular complexity index is 1150. The zero-order valence-electron chi connectivity index (χ0n) is 26.5. The highest BCUT2D eigenvalue weighted by molar-refractivity contribution is 6.00. The van der Waals surface area contributed by atoms with Crippen LogP contribution in [0.5, 0.6) is 0 Å². The van der Waals surface area contributed by atoms with Crippen LogP contribution in [0.15, 0.2) is 23.3 Å². The van der Waals surface area contributed by atoms with Crippen molar-refractivity contribution in [2.75, 3.05) is 6.61 Å². The molecule has 0 bridgehead atoms. The van der Waals surface area contributed by atoms with E-state index in [9.17, 15) is 24.3 Å². The van der Waals surface area contributed by atoms with E-state index < -0.39 is 58.3 Å². The average molecular weight is 587 g/mol. The lowest BCUT2D eigenvalue weighted by Crippen LogP contribution is -2.63. The molecule has 0 aromatic rings. The molecule has 4 rings (SSSR count). The molecule has 0 heterocycles. The van der Waals surface area contributed by atoms with Crippen molar-refractivity contribution in [2.45, 2.75) is 124 Å². The molecule has 0 saturated heterocycles. The Morgan fingerprint density at radius 2 is 1.62 bits per heavy atom. The largest absolute Gasteiger partial charge is 0.461 e. The average Bonchev–Trinajstić information content (AvgIpc) is 3.30. The minimum Gasteiger partial charge on any atom is -0.461 e. The summed E-state index contributed by atoms with van der Waals surface area (Å²) in [6.45, 7) is 12.5. The first-order valence-corrected chi connectivity index (χ1v) is 15.9. The molecule has 1 unspecified atom stereocenters. The van der Waals surface area contributed by atoms with E-state index in [1.165, 1.54) is 33.1 Å². The highest BCUT2D eigenvalue weighted by atomic mass is 16.6. The van der Waals surface area contributed by atoms with Crippen molar-refractivity contribution in [3.8, 4) is 0 Å². The predicted molar refractivity (Wildman–Crippen MR) is 157 cm³/mol. The number of ketones is 1. The Hall–Kier alpha value is -2.48. The van der Waals surface area contributed by atoms with Gasteiger partial charge in [-0.15, -0.1) is 0 Å². The standard InChI is InChI=1S/C34H50O8/c1-8-9-10-11-12-13-14-15-28(37)41-31-21(3)33(39)26-16-20(2)29(38)25(26)17-24(19-40-22(4)35)18-27(33)30-32(6,7)34(30,31)42-23(5)36/h16,18,21,25-27,30-31,39H,8-15,17,19H2,1-7H3/t21-,25?,26-,27+,30-,31-,33+,34-/m1/s1. The van der Waals surface area contributed by atoms with Crippen molar-refractivity contribution >= 4 is 23.7 Å². The van der Waals surface area contributed by atoms with Crippen molar-refractivity contribution in [3.05, 3.63) is 23.3 Å². The van der Waals surface area contributed by atoms with E-state index in [2.05, 4.69) is 6.92 Å². The molecular formula is C34H50O8. The van der Waals surface area contributed by atoms with E-state index in [1.807, 2.05) is 32.9 Å². The highest BCUT2D eigenvalue weighted by Crippen LogP contribution is 2.77. The zero-order chi connectivity index (χ0) is 31.0. The van der Waals surface area contributed by atoms with E-state index in [4.69, 9.17) is 14.2 Å². The molecule has 2 fully saturated rings. The number of fused-ring (bicyclic) bond motifs is 5. The van der Waals surface area contributed by atoms with Crippen LogP contribution in [0.4, 0.5) is 0 Å². The van der Waals surface area contributed by atoms with Crippen LogP contribution in [0.1, 0.15) is 106 Å². The van der Waals surface area contributed by atoms with Crippen LogP contribution in [0.3, 0.4) is 0 Å². The molecule has 1 N–H and O–H groups in total. The fourth-order valence-corrected chi connectivity index (χ4v) is 8.61. The van der Waals surface area contributed by atoms with Gasteiger partial charge in [0, 0.05) is 55.3 Å². The fourth-order valence-electron chi connectivity index (χ4n) is 8.61. The van der Waals surface area contributed by atoms with Gasteiger partial charge in [-0.2, -0.15) is 0 Å². The Morgan fingerprint density at radius 1 is 0.976 bits per heavy atom. The van der Waals surface area contributed by atoms with Gasteiger partial charge in [0.05, 0.1) is 5.60 Å². The van der Waals surface area contributed by atoms with Crippen LogP contribution in [-0.4, -0.2) is 52.7 Å². The van der Waals surface area contributed by atoms with Crippen molar-refractivity contribution in [2.24, 2.45) is 35.0 Å². The molecule has 0 spiro atoms. The maximum Gasteiger partial charge on any atom is 0.306 e. The summed E-state index contributed by atoms with van der Waals surface area (Å²) in [5, 5.41) is 12.8. The number of esters is 3. The lowest BCUT2D eigenvalue weighted by molar-refractivity contribution is -0.219. The molecule has 0 aromatic carbocycles. The molecule has 8 atom stereocenters. The van der Waals surface area contributed by atoms with E-state index in [-0.39, 0.29) is 30.7 Å². The van der Waals surface area contributed by atoms with Crippen LogP contribution in [0, 0.1) is 35.0 Å². The summed E-state index contributed by atoms with van der Waals surface area (Å²) in [6.07, 6.45) is 11.1. The topological polar surface area (TPSA) is 116 Å². The van der Waals surface area contributed by atoms with Gasteiger partial charge in [-0.1, -0.05) is 78.4 Å². The SMILES string of the molecule is CCCCCCCCCC(=O)O[C@@H]1[C@@H](C)[C@]2(O)[C@@H]3C=C(C)C(=O)C3CC(COC(C)=O)=C[C@H]2[C@@H]2C(C)(C)[C@]12OC(C)=O. The van der Waals surface area contributed by atoms with Crippen molar-refractivity contribution in [1.29, 1.82) is 0 Å². The molecule has 234 valence electrons. The monoisotopic (exact) mass is 586 g/mol. The second-order valence-electron chi connectivity index (χ2n) is 13.7. The second kappa shape index (κ2) is 12.3. The third-order valence-electron chi connectivity index (χ3n) is 10.7. The molecule has 4 aliphatic carbocycles. The number of hydrogen-bond donors (Lipinski definition) is 1. The van der Waals surface area contributed by atoms with E-state index in [0.717, 1.165) is 31.3 Å². The smallest absolute Gasteiger partial charge is 0.306 e. The molecule has 0 aliphatic heterocycles. The normalized spacial score (nSPS) is 36.0. The number of ether oxygens (including phenoxy) is 3. The van der Waals surface area contributed by atoms with Crippen LogP contribution >= 0.6 is 0 Å². The highest BCUT2D eigenvalue weighted by Gasteiger charge is 2.87. The second-order valence-corrected chi connectivity index (χ2v) is 13.7. The van der Waals surface area contributed by atoms with Gasteiger partial charge in [0.2, 0.25) is 0 Å². The number of allylic oxidation sites excluding steroid dienone is 1. The Labute approximate surface area is 250 Å². The summed E-state index contributed by atoms with van der Waals surface area (Å²) in [4.78, 5) is 50.9.